The summed E-state index contributed by atoms with van der Waals surface area (Å²) in [5.41, 5.74) is 2.12. The number of carbonyl (C=O) groups is 1. The minimum atomic E-state index is -3.49. The summed E-state index contributed by atoms with van der Waals surface area (Å²) in [5.74, 6) is 0.151. The van der Waals surface area contributed by atoms with E-state index in [0.29, 0.717) is 13.0 Å². The number of ether oxygens (including phenoxy) is 1. The average Bonchev–Trinajstić information content (AvgIpc) is 3.34. The normalized spacial score (nSPS) is 19.5. The monoisotopic (exact) mass is 345 g/mol. The van der Waals surface area contributed by atoms with E-state index in [1.165, 1.54) is 0 Å². The van der Waals surface area contributed by atoms with Crippen molar-refractivity contribution in [3.63, 3.8) is 0 Å². The lowest BCUT2D eigenvalue weighted by Crippen LogP contribution is -2.30. The van der Waals surface area contributed by atoms with Crippen LogP contribution in [-0.2, 0) is 21.4 Å². The number of nitrogens with one attached hydrogen (secondary N) is 1. The Morgan fingerprint density at radius 3 is 2.42 bits per heavy atom. The lowest BCUT2D eigenvalue weighted by molar-refractivity contribution is -0.120. The minimum absolute atomic E-state index is 0.0786. The van der Waals surface area contributed by atoms with Crippen LogP contribution in [0.4, 0.5) is 0 Å². The molecule has 1 fully saturated rings. The van der Waals surface area contributed by atoms with E-state index >= 15 is 0 Å². The third-order valence-electron chi connectivity index (χ3n) is 3.97. The molecule has 1 aliphatic rings. The van der Waals surface area contributed by atoms with E-state index in [9.17, 15) is 13.2 Å². The molecule has 1 amide bonds. The van der Waals surface area contributed by atoms with E-state index in [-0.39, 0.29) is 11.8 Å². The molecular weight excluding hydrogens is 326 g/mol. The number of benzene rings is 2. The van der Waals surface area contributed by atoms with Gasteiger partial charge in [0.1, 0.15) is 12.4 Å². The van der Waals surface area contributed by atoms with Crippen LogP contribution >= 0.6 is 0 Å². The van der Waals surface area contributed by atoms with Crippen molar-refractivity contribution >= 4 is 15.9 Å². The highest BCUT2D eigenvalue weighted by Crippen LogP contribution is 2.47. The molecule has 126 valence electrons. The predicted molar refractivity (Wildman–Crippen MR) is 91.1 cm³/mol. The van der Waals surface area contributed by atoms with Crippen LogP contribution in [0.5, 0.6) is 5.75 Å². The van der Waals surface area contributed by atoms with Crippen LogP contribution < -0.4 is 9.46 Å². The number of rotatable bonds is 6. The third kappa shape index (κ3) is 4.35. The van der Waals surface area contributed by atoms with Gasteiger partial charge in [-0.05, 0) is 35.6 Å². The maximum atomic E-state index is 11.8. The van der Waals surface area contributed by atoms with Gasteiger partial charge in [-0.25, -0.2) is 8.42 Å². The second-order valence-electron chi connectivity index (χ2n) is 6.03. The van der Waals surface area contributed by atoms with Gasteiger partial charge < -0.3 is 4.74 Å². The molecule has 5 nitrogen and oxygen atoms in total. The van der Waals surface area contributed by atoms with Crippen molar-refractivity contribution in [3.8, 4) is 5.75 Å². The Labute approximate surface area is 141 Å². The highest BCUT2D eigenvalue weighted by atomic mass is 32.2. The smallest absolute Gasteiger partial charge is 0.237 e. The SMILES string of the molecule is CS(=O)(=O)NC(=O)[C@H]1C[C@@H]1c1ccc(OCc2ccccc2)cc1. The number of amides is 1. The van der Waals surface area contributed by atoms with Gasteiger partial charge in [-0.3, -0.25) is 9.52 Å². The van der Waals surface area contributed by atoms with Crippen molar-refractivity contribution in [2.75, 3.05) is 6.26 Å². The summed E-state index contributed by atoms with van der Waals surface area (Å²) in [5, 5.41) is 0. The van der Waals surface area contributed by atoms with Gasteiger partial charge in [0, 0.05) is 5.92 Å². The van der Waals surface area contributed by atoms with Crippen LogP contribution in [0.2, 0.25) is 0 Å². The second-order valence-corrected chi connectivity index (χ2v) is 7.78. The highest BCUT2D eigenvalue weighted by Gasteiger charge is 2.44. The first-order valence-electron chi connectivity index (χ1n) is 7.71. The molecule has 3 rings (SSSR count). The Kier molecular flexibility index (Phi) is 4.57. The Morgan fingerprint density at radius 1 is 1.12 bits per heavy atom. The summed E-state index contributed by atoms with van der Waals surface area (Å²) in [4.78, 5) is 11.8. The lowest BCUT2D eigenvalue weighted by atomic mass is 10.1. The molecule has 0 saturated heterocycles. The van der Waals surface area contributed by atoms with Crippen molar-refractivity contribution in [1.82, 2.24) is 4.72 Å². The van der Waals surface area contributed by atoms with Gasteiger partial charge in [-0.2, -0.15) is 0 Å². The van der Waals surface area contributed by atoms with Crippen LogP contribution in [0.15, 0.2) is 54.6 Å². The topological polar surface area (TPSA) is 72.5 Å². The van der Waals surface area contributed by atoms with Crippen molar-refractivity contribution in [1.29, 1.82) is 0 Å². The fourth-order valence-electron chi connectivity index (χ4n) is 2.66. The predicted octanol–water partition coefficient (Wildman–Crippen LogP) is 2.44. The minimum Gasteiger partial charge on any atom is -0.489 e. The molecule has 0 unspecified atom stereocenters. The van der Waals surface area contributed by atoms with Crippen molar-refractivity contribution in [2.24, 2.45) is 5.92 Å². The second kappa shape index (κ2) is 6.65. The van der Waals surface area contributed by atoms with Gasteiger partial charge >= 0.3 is 0 Å². The molecule has 1 N–H and O–H groups in total. The van der Waals surface area contributed by atoms with E-state index in [0.717, 1.165) is 23.1 Å². The largest absolute Gasteiger partial charge is 0.489 e. The zero-order chi connectivity index (χ0) is 17.2. The van der Waals surface area contributed by atoms with E-state index in [1.54, 1.807) is 0 Å². The maximum absolute atomic E-state index is 11.8. The van der Waals surface area contributed by atoms with E-state index in [1.807, 2.05) is 59.3 Å². The molecule has 24 heavy (non-hydrogen) atoms. The molecule has 0 radical (unpaired) electrons. The molecule has 6 heteroatoms. The molecule has 2 atom stereocenters. The molecule has 1 saturated carbocycles. The average molecular weight is 345 g/mol. The number of carbonyl (C=O) groups excluding carboxylic acids is 1. The van der Waals surface area contributed by atoms with Crippen molar-refractivity contribution in [2.45, 2.75) is 18.9 Å². The fraction of sp³-hybridized carbons (Fsp3) is 0.278. The first-order chi connectivity index (χ1) is 11.4. The molecule has 1 aliphatic carbocycles. The van der Waals surface area contributed by atoms with Crippen LogP contribution in [0, 0.1) is 5.92 Å². The molecular formula is C18H19NO4S. The molecule has 0 aliphatic heterocycles. The molecule has 0 bridgehead atoms. The molecule has 0 spiro atoms. The van der Waals surface area contributed by atoms with E-state index in [2.05, 4.69) is 0 Å². The number of hydrogen-bond donors (Lipinski definition) is 1. The van der Waals surface area contributed by atoms with Crippen LogP contribution in [-0.4, -0.2) is 20.6 Å². The quantitative estimate of drug-likeness (QED) is 0.873. The van der Waals surface area contributed by atoms with Crippen molar-refractivity contribution in [3.05, 3.63) is 65.7 Å². The van der Waals surface area contributed by atoms with E-state index < -0.39 is 15.9 Å². The summed E-state index contributed by atoms with van der Waals surface area (Å²) >= 11 is 0. The van der Waals surface area contributed by atoms with Gasteiger partial charge in [0.25, 0.3) is 0 Å². The highest BCUT2D eigenvalue weighted by molar-refractivity contribution is 7.89. The lowest BCUT2D eigenvalue weighted by Gasteiger charge is -2.07. The summed E-state index contributed by atoms with van der Waals surface area (Å²) in [7, 11) is -3.49. The Balaban J connectivity index is 1.55. The summed E-state index contributed by atoms with van der Waals surface area (Å²) in [6, 6.07) is 17.5. The molecule has 2 aromatic carbocycles. The van der Waals surface area contributed by atoms with Crippen LogP contribution in [0.1, 0.15) is 23.5 Å². The summed E-state index contributed by atoms with van der Waals surface area (Å²) < 4.78 is 30.0. The third-order valence-corrected chi connectivity index (χ3v) is 4.54. The Morgan fingerprint density at radius 2 is 1.79 bits per heavy atom. The maximum Gasteiger partial charge on any atom is 0.237 e. The summed E-state index contributed by atoms with van der Waals surface area (Å²) in [6.07, 6.45) is 1.66. The molecule has 2 aromatic rings. The first-order valence-corrected chi connectivity index (χ1v) is 9.60. The van der Waals surface area contributed by atoms with Crippen molar-refractivity contribution < 1.29 is 17.9 Å². The fourth-order valence-corrected chi connectivity index (χ4v) is 3.18. The summed E-state index contributed by atoms with van der Waals surface area (Å²) in [6.45, 7) is 0.503. The zero-order valence-electron chi connectivity index (χ0n) is 13.3. The first kappa shape index (κ1) is 16.5. The van der Waals surface area contributed by atoms with Gasteiger partial charge in [0.2, 0.25) is 15.9 Å². The van der Waals surface area contributed by atoms with Gasteiger partial charge in [0.15, 0.2) is 0 Å². The zero-order valence-corrected chi connectivity index (χ0v) is 14.1. The standard InChI is InChI=1S/C18H19NO4S/c1-24(21,22)19-18(20)17-11-16(17)14-7-9-15(10-8-14)23-12-13-5-3-2-4-6-13/h2-10,16-17H,11-12H2,1H3,(H,19,20)/t16-,17+/m1/s1. The molecule has 0 aromatic heterocycles. The van der Waals surface area contributed by atoms with Gasteiger partial charge in [-0.1, -0.05) is 42.5 Å². The molecule has 0 heterocycles. The van der Waals surface area contributed by atoms with Gasteiger partial charge in [0.05, 0.1) is 6.26 Å². The Bertz CT molecular complexity index is 816. The van der Waals surface area contributed by atoms with Crippen LogP contribution in [0.25, 0.3) is 0 Å². The number of sulfonamides is 1. The van der Waals surface area contributed by atoms with Crippen LogP contribution in [0.3, 0.4) is 0 Å². The Hall–Kier alpha value is -2.34. The number of hydrogen-bond acceptors (Lipinski definition) is 4. The van der Waals surface area contributed by atoms with E-state index in [4.69, 9.17) is 4.74 Å². The van der Waals surface area contributed by atoms with Gasteiger partial charge in [-0.15, -0.1) is 0 Å².